The van der Waals surface area contributed by atoms with E-state index in [1.807, 2.05) is 0 Å². The first-order chi connectivity index (χ1) is 12.3. The first-order valence-electron chi connectivity index (χ1n) is 8.56. The maximum absolute atomic E-state index is 13.1. The largest absolute Gasteiger partial charge is 0.336 e. The molecule has 1 aromatic carbocycles. The van der Waals surface area contributed by atoms with E-state index in [1.54, 1.807) is 4.90 Å². The number of amides is 1. The lowest BCUT2D eigenvalue weighted by Crippen LogP contribution is -2.57. The molecule has 26 heavy (non-hydrogen) atoms. The van der Waals surface area contributed by atoms with Crippen molar-refractivity contribution in [1.29, 1.82) is 0 Å². The van der Waals surface area contributed by atoms with E-state index in [0.29, 0.717) is 26.1 Å². The van der Waals surface area contributed by atoms with Gasteiger partial charge in [-0.05, 0) is 25.8 Å². The summed E-state index contributed by atoms with van der Waals surface area (Å²) in [4.78, 5) is 24.4. The van der Waals surface area contributed by atoms with Crippen LogP contribution in [0.15, 0.2) is 23.1 Å². The number of carbonyl (C=O) groups is 1. The van der Waals surface area contributed by atoms with E-state index in [2.05, 4.69) is 5.32 Å². The lowest BCUT2D eigenvalue weighted by molar-refractivity contribution is -0.385. The number of rotatable bonds is 4. The number of nitro groups is 1. The van der Waals surface area contributed by atoms with Crippen molar-refractivity contribution >= 4 is 21.6 Å². The molecule has 2 fully saturated rings. The van der Waals surface area contributed by atoms with Crippen LogP contribution < -0.4 is 5.32 Å². The molecule has 1 N–H and O–H groups in total. The first-order valence-corrected chi connectivity index (χ1v) is 10.0. The third-order valence-electron chi connectivity index (χ3n) is 5.00. The van der Waals surface area contributed by atoms with Gasteiger partial charge in [0, 0.05) is 43.9 Å². The molecule has 2 aliphatic rings. The molecule has 1 amide bonds. The van der Waals surface area contributed by atoms with Crippen LogP contribution in [0.5, 0.6) is 0 Å². The monoisotopic (exact) mass is 382 g/mol. The highest BCUT2D eigenvalue weighted by molar-refractivity contribution is 7.89. The SMILES string of the molecule is Cc1c([N+](=O)[O-])cccc1S(=O)(=O)N1CCCC(N2CCNCC2=O)C1. The van der Waals surface area contributed by atoms with E-state index in [9.17, 15) is 23.3 Å². The zero-order chi connectivity index (χ0) is 18.9. The summed E-state index contributed by atoms with van der Waals surface area (Å²) in [5.74, 6) is -0.0213. The average Bonchev–Trinajstić information content (AvgIpc) is 2.62. The quantitative estimate of drug-likeness (QED) is 0.599. The van der Waals surface area contributed by atoms with Crippen molar-refractivity contribution in [2.75, 3.05) is 32.7 Å². The summed E-state index contributed by atoms with van der Waals surface area (Å²) in [5, 5.41) is 14.1. The number of benzene rings is 1. The van der Waals surface area contributed by atoms with Crippen LogP contribution in [0.3, 0.4) is 0 Å². The molecule has 9 nitrogen and oxygen atoms in total. The summed E-state index contributed by atoms with van der Waals surface area (Å²) < 4.78 is 27.5. The Kier molecular flexibility index (Phi) is 5.26. The highest BCUT2D eigenvalue weighted by Crippen LogP contribution is 2.29. The van der Waals surface area contributed by atoms with E-state index in [4.69, 9.17) is 0 Å². The number of nitro benzene ring substituents is 1. The van der Waals surface area contributed by atoms with Crippen molar-refractivity contribution in [1.82, 2.24) is 14.5 Å². The van der Waals surface area contributed by atoms with Gasteiger partial charge in [-0.3, -0.25) is 14.9 Å². The second kappa shape index (κ2) is 7.29. The fourth-order valence-electron chi connectivity index (χ4n) is 3.62. The van der Waals surface area contributed by atoms with Crippen molar-refractivity contribution in [2.24, 2.45) is 0 Å². The number of nitrogens with zero attached hydrogens (tertiary/aromatic N) is 3. The molecule has 0 aliphatic carbocycles. The lowest BCUT2D eigenvalue weighted by Gasteiger charge is -2.40. The smallest absolute Gasteiger partial charge is 0.273 e. The van der Waals surface area contributed by atoms with Gasteiger partial charge in [0.15, 0.2) is 0 Å². The molecule has 10 heteroatoms. The highest BCUT2D eigenvalue weighted by atomic mass is 32.2. The number of hydrogen-bond acceptors (Lipinski definition) is 6. The van der Waals surface area contributed by atoms with Gasteiger partial charge in [-0.25, -0.2) is 8.42 Å². The summed E-state index contributed by atoms with van der Waals surface area (Å²) in [5.41, 5.74) is -0.0743. The summed E-state index contributed by atoms with van der Waals surface area (Å²) in [6, 6.07) is 3.93. The number of piperazine rings is 1. The van der Waals surface area contributed by atoms with Crippen LogP contribution in [0.1, 0.15) is 18.4 Å². The van der Waals surface area contributed by atoms with Gasteiger partial charge in [0.2, 0.25) is 15.9 Å². The van der Waals surface area contributed by atoms with Crippen LogP contribution in [0.2, 0.25) is 0 Å². The molecule has 2 saturated heterocycles. The van der Waals surface area contributed by atoms with Crippen LogP contribution >= 0.6 is 0 Å². The number of carbonyl (C=O) groups excluding carboxylic acids is 1. The predicted molar refractivity (Wildman–Crippen MR) is 94.2 cm³/mol. The van der Waals surface area contributed by atoms with E-state index < -0.39 is 14.9 Å². The second-order valence-corrected chi connectivity index (χ2v) is 8.49. The molecular formula is C16H22N4O5S. The van der Waals surface area contributed by atoms with Crippen LogP contribution in [-0.2, 0) is 14.8 Å². The Hall–Kier alpha value is -2.04. The van der Waals surface area contributed by atoms with Crippen LogP contribution in [0.25, 0.3) is 0 Å². The Labute approximate surface area is 152 Å². The molecule has 0 radical (unpaired) electrons. The number of piperidine rings is 1. The fourth-order valence-corrected chi connectivity index (χ4v) is 5.38. The minimum Gasteiger partial charge on any atom is -0.336 e. The molecule has 1 atom stereocenters. The maximum atomic E-state index is 13.1. The summed E-state index contributed by atoms with van der Waals surface area (Å²) in [7, 11) is -3.86. The van der Waals surface area contributed by atoms with Crippen molar-refractivity contribution < 1.29 is 18.1 Å². The molecule has 3 rings (SSSR count). The van der Waals surface area contributed by atoms with E-state index in [-0.39, 0.29) is 41.2 Å². The molecule has 1 aromatic rings. The second-order valence-electron chi connectivity index (χ2n) is 6.58. The Morgan fingerprint density at radius 3 is 2.77 bits per heavy atom. The van der Waals surface area contributed by atoms with Crippen molar-refractivity contribution in [3.8, 4) is 0 Å². The van der Waals surface area contributed by atoms with Crippen LogP contribution in [0, 0.1) is 17.0 Å². The third kappa shape index (κ3) is 3.44. The molecule has 0 bridgehead atoms. The number of nitrogens with one attached hydrogen (secondary N) is 1. The van der Waals surface area contributed by atoms with Gasteiger partial charge in [0.25, 0.3) is 5.69 Å². The van der Waals surface area contributed by atoms with Gasteiger partial charge in [-0.2, -0.15) is 4.31 Å². The molecule has 0 spiro atoms. The molecule has 1 unspecified atom stereocenters. The maximum Gasteiger partial charge on any atom is 0.273 e. The van der Waals surface area contributed by atoms with Crippen molar-refractivity contribution in [2.45, 2.75) is 30.7 Å². The Morgan fingerprint density at radius 1 is 1.31 bits per heavy atom. The predicted octanol–water partition coefficient (Wildman–Crippen LogP) is 0.488. The van der Waals surface area contributed by atoms with Gasteiger partial charge >= 0.3 is 0 Å². The summed E-state index contributed by atoms with van der Waals surface area (Å²) in [6.45, 7) is 3.54. The average molecular weight is 382 g/mol. The molecule has 142 valence electrons. The molecule has 2 heterocycles. The molecule has 0 saturated carbocycles. The first kappa shape index (κ1) is 18.7. The topological polar surface area (TPSA) is 113 Å². The van der Waals surface area contributed by atoms with Gasteiger partial charge in [0.05, 0.1) is 16.4 Å². The minimum absolute atomic E-state index is 0.0213. The lowest BCUT2D eigenvalue weighted by atomic mass is 10.1. The molecule has 0 aromatic heterocycles. The summed E-state index contributed by atoms with van der Waals surface area (Å²) >= 11 is 0. The zero-order valence-electron chi connectivity index (χ0n) is 14.6. The number of sulfonamides is 1. The van der Waals surface area contributed by atoms with Crippen molar-refractivity contribution in [3.05, 3.63) is 33.9 Å². The Morgan fingerprint density at radius 2 is 2.08 bits per heavy atom. The van der Waals surface area contributed by atoms with Crippen LogP contribution in [0.4, 0.5) is 5.69 Å². The van der Waals surface area contributed by atoms with E-state index >= 15 is 0 Å². The number of hydrogen-bond donors (Lipinski definition) is 1. The van der Waals surface area contributed by atoms with E-state index in [1.165, 1.54) is 29.4 Å². The Bertz CT molecular complexity index is 826. The van der Waals surface area contributed by atoms with Gasteiger partial charge in [-0.1, -0.05) is 6.07 Å². The van der Waals surface area contributed by atoms with Gasteiger partial charge in [-0.15, -0.1) is 0 Å². The standard InChI is InChI=1S/C16H22N4O5S/c1-12-14(20(22)23)5-2-6-15(12)26(24,25)18-8-3-4-13(11-18)19-9-7-17-10-16(19)21/h2,5-6,13,17H,3-4,7-11H2,1H3. The fraction of sp³-hybridized carbons (Fsp3) is 0.562. The molecular weight excluding hydrogens is 360 g/mol. The van der Waals surface area contributed by atoms with Crippen LogP contribution in [-0.4, -0.2) is 67.2 Å². The van der Waals surface area contributed by atoms with E-state index in [0.717, 1.165) is 6.42 Å². The molecule has 2 aliphatic heterocycles. The zero-order valence-corrected chi connectivity index (χ0v) is 15.4. The third-order valence-corrected chi connectivity index (χ3v) is 7.01. The Balaban J connectivity index is 1.87. The summed E-state index contributed by atoms with van der Waals surface area (Å²) in [6.07, 6.45) is 1.40. The van der Waals surface area contributed by atoms with Gasteiger partial charge < -0.3 is 10.2 Å². The van der Waals surface area contributed by atoms with Crippen molar-refractivity contribution in [3.63, 3.8) is 0 Å². The normalized spacial score (nSPS) is 22.4. The minimum atomic E-state index is -3.86. The van der Waals surface area contributed by atoms with Gasteiger partial charge in [0.1, 0.15) is 0 Å². The highest BCUT2D eigenvalue weighted by Gasteiger charge is 2.36.